The Labute approximate surface area is 110 Å². The minimum atomic E-state index is -0.811. The van der Waals surface area contributed by atoms with Gasteiger partial charge in [0.25, 0.3) is 5.91 Å². The Morgan fingerprint density at radius 2 is 2.00 bits per heavy atom. The van der Waals surface area contributed by atoms with Gasteiger partial charge in [-0.15, -0.1) is 0 Å². The Balaban J connectivity index is 2.48. The van der Waals surface area contributed by atoms with E-state index in [1.807, 2.05) is 5.32 Å². The predicted molar refractivity (Wildman–Crippen MR) is 67.1 cm³/mol. The molecule has 0 fully saturated rings. The summed E-state index contributed by atoms with van der Waals surface area (Å²) in [5, 5.41) is 2.00. The molecule has 0 atom stereocenters. The number of carbonyl (C=O) groups excluding carboxylic acids is 3. The highest BCUT2D eigenvalue weighted by Crippen LogP contribution is 2.13. The van der Waals surface area contributed by atoms with Crippen LogP contribution in [0.15, 0.2) is 24.3 Å². The highest BCUT2D eigenvalue weighted by atomic mass is 16.5. The van der Waals surface area contributed by atoms with Crippen LogP contribution < -0.4 is 10.1 Å². The fourth-order valence-corrected chi connectivity index (χ4v) is 1.27. The molecular weight excluding hydrogens is 250 g/mol. The van der Waals surface area contributed by atoms with Crippen molar-refractivity contribution in [2.75, 3.05) is 13.2 Å². The third-order valence-corrected chi connectivity index (χ3v) is 2.13. The van der Waals surface area contributed by atoms with Crippen LogP contribution in [0, 0.1) is 0 Å². The van der Waals surface area contributed by atoms with E-state index >= 15 is 0 Å². The number of hydrogen-bond acceptors (Lipinski definition) is 5. The number of hydrogen-bond donors (Lipinski definition) is 1. The molecule has 0 spiro atoms. The maximum absolute atomic E-state index is 11.3. The molecule has 0 radical (unpaired) electrons. The first kappa shape index (κ1) is 14.7. The Morgan fingerprint density at radius 1 is 1.26 bits per heavy atom. The van der Waals surface area contributed by atoms with Crippen molar-refractivity contribution in [2.24, 2.45) is 0 Å². The molecule has 0 saturated heterocycles. The van der Waals surface area contributed by atoms with Gasteiger partial charge < -0.3 is 9.47 Å². The number of ether oxygens (including phenoxy) is 2. The van der Waals surface area contributed by atoms with E-state index in [1.165, 1.54) is 13.0 Å². The molecule has 0 bridgehead atoms. The number of carbonyl (C=O) groups is 3. The maximum atomic E-state index is 11.3. The Morgan fingerprint density at radius 3 is 2.63 bits per heavy atom. The van der Waals surface area contributed by atoms with E-state index in [2.05, 4.69) is 4.74 Å². The Bertz CT molecular complexity index is 484. The van der Waals surface area contributed by atoms with Gasteiger partial charge in [-0.05, 0) is 26.0 Å². The molecule has 102 valence electrons. The molecule has 6 nitrogen and oxygen atoms in total. The van der Waals surface area contributed by atoms with Gasteiger partial charge in [0, 0.05) is 5.56 Å². The zero-order chi connectivity index (χ0) is 14.3. The molecule has 0 heterocycles. The molecule has 0 aliphatic rings. The number of alkyl carbamates (subject to hydrolysis) is 1. The molecule has 1 rings (SSSR count). The van der Waals surface area contributed by atoms with Gasteiger partial charge in [-0.25, -0.2) is 4.79 Å². The van der Waals surface area contributed by atoms with Gasteiger partial charge >= 0.3 is 6.09 Å². The molecule has 0 saturated carbocycles. The Hall–Kier alpha value is -2.37. The summed E-state index contributed by atoms with van der Waals surface area (Å²) in [6.07, 6.45) is -0.811. The van der Waals surface area contributed by atoms with Crippen molar-refractivity contribution < 1.29 is 23.9 Å². The average molecular weight is 265 g/mol. The molecule has 0 aromatic heterocycles. The van der Waals surface area contributed by atoms with Crippen molar-refractivity contribution in [3.05, 3.63) is 29.8 Å². The van der Waals surface area contributed by atoms with Gasteiger partial charge in [0.05, 0.1) is 6.61 Å². The van der Waals surface area contributed by atoms with Crippen LogP contribution in [-0.2, 0) is 9.53 Å². The monoisotopic (exact) mass is 265 g/mol. The minimum absolute atomic E-state index is 0.0959. The summed E-state index contributed by atoms with van der Waals surface area (Å²) >= 11 is 0. The molecule has 2 amide bonds. The third kappa shape index (κ3) is 5.20. The van der Waals surface area contributed by atoms with Gasteiger partial charge in [0.2, 0.25) is 0 Å². The average Bonchev–Trinajstić information content (AvgIpc) is 2.37. The highest BCUT2D eigenvalue weighted by molar-refractivity contribution is 5.94. The number of benzene rings is 1. The predicted octanol–water partition coefficient (Wildman–Crippen LogP) is 1.54. The molecular formula is C13H15NO5. The molecule has 1 aromatic carbocycles. The van der Waals surface area contributed by atoms with Gasteiger partial charge in [-0.2, -0.15) is 0 Å². The lowest BCUT2D eigenvalue weighted by molar-refractivity contribution is -0.122. The molecule has 0 aliphatic carbocycles. The standard InChI is InChI=1S/C13H15NO5/c1-3-18-13(17)14-12(16)8-19-11-6-4-5-10(7-11)9(2)15/h4-7H,3,8H2,1-2H3,(H,14,16,17). The Kier molecular flexibility index (Phi) is 5.53. The number of rotatable bonds is 5. The molecule has 6 heteroatoms. The van der Waals surface area contributed by atoms with E-state index in [1.54, 1.807) is 25.1 Å². The van der Waals surface area contributed by atoms with Crippen molar-refractivity contribution in [2.45, 2.75) is 13.8 Å². The minimum Gasteiger partial charge on any atom is -0.484 e. The largest absolute Gasteiger partial charge is 0.484 e. The summed E-state index contributed by atoms with van der Waals surface area (Å²) in [5.74, 6) is -0.334. The van der Waals surface area contributed by atoms with Crippen LogP contribution in [0.3, 0.4) is 0 Å². The van der Waals surface area contributed by atoms with Gasteiger partial charge in [0.1, 0.15) is 5.75 Å². The van der Waals surface area contributed by atoms with Crippen LogP contribution in [-0.4, -0.2) is 31.0 Å². The lowest BCUT2D eigenvalue weighted by Gasteiger charge is -2.07. The molecule has 1 aromatic rings. The van der Waals surface area contributed by atoms with E-state index in [9.17, 15) is 14.4 Å². The van der Waals surface area contributed by atoms with Gasteiger partial charge in [0.15, 0.2) is 12.4 Å². The maximum Gasteiger partial charge on any atom is 0.413 e. The second-order valence-electron chi connectivity index (χ2n) is 3.64. The van der Waals surface area contributed by atoms with Crippen molar-refractivity contribution in [3.63, 3.8) is 0 Å². The van der Waals surface area contributed by atoms with Gasteiger partial charge in [-0.1, -0.05) is 12.1 Å². The van der Waals surface area contributed by atoms with Crippen LogP contribution in [0.4, 0.5) is 4.79 Å². The number of Topliss-reactive ketones (excluding diaryl/α,β-unsaturated/α-hetero) is 1. The van der Waals surface area contributed by atoms with Crippen molar-refractivity contribution in [1.82, 2.24) is 5.32 Å². The summed E-state index contributed by atoms with van der Waals surface area (Å²) in [7, 11) is 0. The first-order valence-electron chi connectivity index (χ1n) is 5.73. The van der Waals surface area contributed by atoms with Crippen molar-refractivity contribution >= 4 is 17.8 Å². The van der Waals surface area contributed by atoms with Crippen LogP contribution >= 0.6 is 0 Å². The van der Waals surface area contributed by atoms with Crippen molar-refractivity contribution in [3.8, 4) is 5.75 Å². The van der Waals surface area contributed by atoms with E-state index in [0.717, 1.165) is 0 Å². The fourth-order valence-electron chi connectivity index (χ4n) is 1.27. The van der Waals surface area contributed by atoms with Crippen molar-refractivity contribution in [1.29, 1.82) is 0 Å². The summed E-state index contributed by atoms with van der Waals surface area (Å²) in [5.41, 5.74) is 0.489. The SMILES string of the molecule is CCOC(=O)NC(=O)COc1cccc(C(C)=O)c1. The first-order valence-corrected chi connectivity index (χ1v) is 5.73. The van der Waals surface area contributed by atoms with Crippen LogP contribution in [0.5, 0.6) is 5.75 Å². The first-order chi connectivity index (χ1) is 9.02. The van der Waals surface area contributed by atoms with E-state index in [-0.39, 0.29) is 19.0 Å². The lowest BCUT2D eigenvalue weighted by Crippen LogP contribution is -2.34. The van der Waals surface area contributed by atoms with E-state index in [0.29, 0.717) is 11.3 Å². The quantitative estimate of drug-likeness (QED) is 0.817. The molecule has 0 unspecified atom stereocenters. The molecule has 1 N–H and O–H groups in total. The normalized spacial score (nSPS) is 9.58. The third-order valence-electron chi connectivity index (χ3n) is 2.13. The zero-order valence-corrected chi connectivity index (χ0v) is 10.8. The zero-order valence-electron chi connectivity index (χ0n) is 10.8. The second kappa shape index (κ2) is 7.15. The number of imide groups is 1. The summed E-state index contributed by atoms with van der Waals surface area (Å²) in [6, 6.07) is 6.44. The lowest BCUT2D eigenvalue weighted by atomic mass is 10.1. The molecule has 0 aliphatic heterocycles. The topological polar surface area (TPSA) is 81.7 Å². The second-order valence-corrected chi connectivity index (χ2v) is 3.64. The summed E-state index contributed by atoms with van der Waals surface area (Å²) in [4.78, 5) is 33.4. The number of amides is 2. The fraction of sp³-hybridized carbons (Fsp3) is 0.308. The smallest absolute Gasteiger partial charge is 0.413 e. The number of nitrogens with one attached hydrogen (secondary N) is 1. The van der Waals surface area contributed by atoms with Crippen LogP contribution in [0.25, 0.3) is 0 Å². The van der Waals surface area contributed by atoms with Crippen LogP contribution in [0.2, 0.25) is 0 Å². The number of ketones is 1. The summed E-state index contributed by atoms with van der Waals surface area (Å²) < 4.78 is 9.71. The molecule has 19 heavy (non-hydrogen) atoms. The van der Waals surface area contributed by atoms with E-state index in [4.69, 9.17) is 4.74 Å². The highest BCUT2D eigenvalue weighted by Gasteiger charge is 2.09. The van der Waals surface area contributed by atoms with Crippen LogP contribution in [0.1, 0.15) is 24.2 Å². The van der Waals surface area contributed by atoms with Gasteiger partial charge in [-0.3, -0.25) is 14.9 Å². The summed E-state index contributed by atoms with van der Waals surface area (Å²) in [6.45, 7) is 2.92. The van der Waals surface area contributed by atoms with E-state index < -0.39 is 12.0 Å².